The first-order valence-corrected chi connectivity index (χ1v) is 8.85. The van der Waals surface area contributed by atoms with Crippen LogP contribution >= 0.6 is 0 Å². The number of rotatable bonds is 1. The topological polar surface area (TPSA) is 20.3 Å². The predicted molar refractivity (Wildman–Crippen MR) is 72.6 cm³/mol. The molecule has 2 heterocycles. The van der Waals surface area contributed by atoms with Crippen molar-refractivity contribution < 1.29 is 4.21 Å². The van der Waals surface area contributed by atoms with Crippen LogP contribution in [0.3, 0.4) is 0 Å². The van der Waals surface area contributed by atoms with Crippen molar-refractivity contribution in [2.24, 2.45) is 5.41 Å². The van der Waals surface area contributed by atoms with E-state index in [9.17, 15) is 4.21 Å². The molecule has 3 aliphatic rings. The fourth-order valence-corrected chi connectivity index (χ4v) is 5.55. The number of hydrogen-bond donors (Lipinski definition) is 0. The molecular weight excluding hydrogens is 230 g/mol. The molecular formula is C14H25NOS. The summed E-state index contributed by atoms with van der Waals surface area (Å²) in [5.74, 6) is 1.94. The molecule has 0 N–H and O–H groups in total. The Hall–Kier alpha value is 0.110. The molecule has 1 spiro atoms. The van der Waals surface area contributed by atoms with Crippen molar-refractivity contribution in [3.8, 4) is 0 Å². The molecule has 2 nitrogen and oxygen atoms in total. The third kappa shape index (κ3) is 2.60. The first-order chi connectivity index (χ1) is 8.27. The van der Waals surface area contributed by atoms with Gasteiger partial charge in [0, 0.05) is 34.9 Å². The number of nitrogens with zero attached hydrogens (tertiary/aromatic N) is 1. The van der Waals surface area contributed by atoms with Crippen molar-refractivity contribution in [3.05, 3.63) is 0 Å². The van der Waals surface area contributed by atoms with Crippen LogP contribution in [-0.2, 0) is 10.8 Å². The Kier molecular flexibility index (Phi) is 3.58. The summed E-state index contributed by atoms with van der Waals surface area (Å²) in [6.45, 7) is 2.63. The molecule has 3 heteroatoms. The summed E-state index contributed by atoms with van der Waals surface area (Å²) in [5, 5.41) is 0. The van der Waals surface area contributed by atoms with Crippen LogP contribution in [0.2, 0.25) is 0 Å². The molecule has 0 amide bonds. The van der Waals surface area contributed by atoms with Crippen molar-refractivity contribution >= 4 is 10.8 Å². The van der Waals surface area contributed by atoms with Gasteiger partial charge >= 0.3 is 0 Å². The van der Waals surface area contributed by atoms with E-state index in [0.29, 0.717) is 5.41 Å². The van der Waals surface area contributed by atoms with Crippen LogP contribution in [0.1, 0.15) is 51.4 Å². The molecule has 3 fully saturated rings. The summed E-state index contributed by atoms with van der Waals surface area (Å²) >= 11 is 0. The minimum Gasteiger partial charge on any atom is -0.300 e. The smallest absolute Gasteiger partial charge is 0.0240 e. The van der Waals surface area contributed by atoms with Gasteiger partial charge in [0.2, 0.25) is 0 Å². The zero-order chi connectivity index (χ0) is 11.7. The van der Waals surface area contributed by atoms with E-state index in [-0.39, 0.29) is 0 Å². The molecule has 0 radical (unpaired) electrons. The highest BCUT2D eigenvalue weighted by atomic mass is 32.2. The van der Waals surface area contributed by atoms with E-state index in [1.54, 1.807) is 0 Å². The lowest BCUT2D eigenvalue weighted by Crippen LogP contribution is -2.39. The Labute approximate surface area is 108 Å². The zero-order valence-electron chi connectivity index (χ0n) is 10.8. The van der Waals surface area contributed by atoms with E-state index in [2.05, 4.69) is 4.90 Å². The first-order valence-electron chi connectivity index (χ1n) is 7.37. The number of likely N-dealkylation sites (tertiary alicyclic amines) is 1. The Balaban J connectivity index is 1.59. The molecule has 0 aromatic heterocycles. The Morgan fingerprint density at radius 2 is 1.71 bits per heavy atom. The Morgan fingerprint density at radius 1 is 1.00 bits per heavy atom. The molecule has 1 saturated carbocycles. The summed E-state index contributed by atoms with van der Waals surface area (Å²) in [7, 11) is -0.497. The quantitative estimate of drug-likeness (QED) is 0.718. The van der Waals surface area contributed by atoms with E-state index in [0.717, 1.165) is 17.5 Å². The normalized spacial score (nSPS) is 41.1. The van der Waals surface area contributed by atoms with E-state index in [1.165, 1.54) is 64.5 Å². The lowest BCUT2D eigenvalue weighted by atomic mass is 9.81. The van der Waals surface area contributed by atoms with Gasteiger partial charge in [0.05, 0.1) is 0 Å². The van der Waals surface area contributed by atoms with Gasteiger partial charge in [-0.2, -0.15) is 0 Å². The third-order valence-corrected chi connectivity index (χ3v) is 6.60. The van der Waals surface area contributed by atoms with Gasteiger partial charge in [0.15, 0.2) is 0 Å². The van der Waals surface area contributed by atoms with Crippen LogP contribution in [-0.4, -0.2) is 39.7 Å². The van der Waals surface area contributed by atoms with Gasteiger partial charge < -0.3 is 0 Å². The van der Waals surface area contributed by atoms with Crippen LogP contribution in [0, 0.1) is 5.41 Å². The standard InChI is InChI=1S/C14H25NOS/c16-17-10-7-14(8-11-17)6-9-15(12-14)13-4-2-1-3-5-13/h13H,1-12H2. The molecule has 1 aliphatic carbocycles. The maximum absolute atomic E-state index is 11.5. The molecule has 2 saturated heterocycles. The summed E-state index contributed by atoms with van der Waals surface area (Å²) in [4.78, 5) is 2.77. The first kappa shape index (κ1) is 12.2. The van der Waals surface area contributed by atoms with Gasteiger partial charge in [0.25, 0.3) is 0 Å². The van der Waals surface area contributed by atoms with E-state index >= 15 is 0 Å². The maximum Gasteiger partial charge on any atom is 0.0240 e. The van der Waals surface area contributed by atoms with E-state index in [1.807, 2.05) is 0 Å². The third-order valence-electron chi connectivity index (χ3n) is 5.28. The lowest BCUT2D eigenvalue weighted by Gasteiger charge is -2.36. The fourth-order valence-electron chi connectivity index (χ4n) is 4.02. The van der Waals surface area contributed by atoms with Crippen molar-refractivity contribution in [2.45, 2.75) is 57.4 Å². The minimum atomic E-state index is -0.497. The van der Waals surface area contributed by atoms with Gasteiger partial charge in [0.1, 0.15) is 0 Å². The number of hydrogen-bond acceptors (Lipinski definition) is 2. The predicted octanol–water partition coefficient (Wildman–Crippen LogP) is 2.55. The molecule has 17 heavy (non-hydrogen) atoms. The van der Waals surface area contributed by atoms with Crippen molar-refractivity contribution in [1.29, 1.82) is 0 Å². The van der Waals surface area contributed by atoms with E-state index in [4.69, 9.17) is 0 Å². The van der Waals surface area contributed by atoms with Crippen molar-refractivity contribution in [3.63, 3.8) is 0 Å². The largest absolute Gasteiger partial charge is 0.300 e. The fraction of sp³-hybridized carbons (Fsp3) is 1.00. The molecule has 3 rings (SSSR count). The molecule has 0 unspecified atom stereocenters. The zero-order valence-corrected chi connectivity index (χ0v) is 11.6. The van der Waals surface area contributed by atoms with Crippen LogP contribution in [0.4, 0.5) is 0 Å². The van der Waals surface area contributed by atoms with Gasteiger partial charge in [-0.25, -0.2) is 0 Å². The summed E-state index contributed by atoms with van der Waals surface area (Å²) < 4.78 is 11.5. The summed E-state index contributed by atoms with van der Waals surface area (Å²) in [5.41, 5.74) is 0.561. The Morgan fingerprint density at radius 3 is 2.41 bits per heavy atom. The highest BCUT2D eigenvalue weighted by Crippen LogP contribution is 2.42. The summed E-state index contributed by atoms with van der Waals surface area (Å²) in [6.07, 6.45) is 11.0. The van der Waals surface area contributed by atoms with Crippen LogP contribution in [0.25, 0.3) is 0 Å². The molecule has 0 aromatic rings. The van der Waals surface area contributed by atoms with Crippen molar-refractivity contribution in [1.82, 2.24) is 4.90 Å². The van der Waals surface area contributed by atoms with Gasteiger partial charge in [-0.1, -0.05) is 19.3 Å². The second-order valence-corrected chi connectivity index (χ2v) is 8.06. The highest BCUT2D eigenvalue weighted by Gasteiger charge is 2.42. The summed E-state index contributed by atoms with van der Waals surface area (Å²) in [6, 6.07) is 0.885. The second-order valence-electron chi connectivity index (χ2n) is 6.36. The Bertz CT molecular complexity index is 289. The molecule has 0 bridgehead atoms. The van der Waals surface area contributed by atoms with Gasteiger partial charge in [-0.3, -0.25) is 9.11 Å². The molecule has 98 valence electrons. The van der Waals surface area contributed by atoms with Crippen LogP contribution in [0.5, 0.6) is 0 Å². The van der Waals surface area contributed by atoms with Crippen LogP contribution < -0.4 is 0 Å². The maximum atomic E-state index is 11.5. The average molecular weight is 255 g/mol. The van der Waals surface area contributed by atoms with Gasteiger partial charge in [-0.05, 0) is 44.1 Å². The van der Waals surface area contributed by atoms with Gasteiger partial charge in [-0.15, -0.1) is 0 Å². The highest BCUT2D eigenvalue weighted by molar-refractivity contribution is 7.85. The monoisotopic (exact) mass is 255 g/mol. The van der Waals surface area contributed by atoms with E-state index < -0.39 is 10.8 Å². The van der Waals surface area contributed by atoms with Crippen molar-refractivity contribution in [2.75, 3.05) is 24.6 Å². The minimum absolute atomic E-state index is 0.497. The lowest BCUT2D eigenvalue weighted by molar-refractivity contribution is 0.160. The second kappa shape index (κ2) is 5.00. The SMILES string of the molecule is O=S1CCC2(CCN(C3CCCCC3)C2)CC1. The average Bonchev–Trinajstić information content (AvgIpc) is 2.79. The molecule has 0 aromatic carbocycles. The molecule has 0 atom stereocenters. The van der Waals surface area contributed by atoms with Crippen LogP contribution in [0.15, 0.2) is 0 Å². The molecule has 2 aliphatic heterocycles.